The van der Waals surface area contributed by atoms with Gasteiger partial charge in [-0.05, 0) is 30.2 Å². The topological polar surface area (TPSA) is 60.2 Å². The number of sulfone groups is 1. The molecule has 3 atom stereocenters. The SMILES string of the molecule is CS(=O)(=O)[C@H]1[C@@H](CN)[C@@H]1c1cccc(Cl)c1. The van der Waals surface area contributed by atoms with Crippen molar-refractivity contribution in [2.75, 3.05) is 12.8 Å². The predicted octanol–water partition coefficient (Wildman–Crippen LogP) is 1.43. The van der Waals surface area contributed by atoms with Gasteiger partial charge in [-0.15, -0.1) is 0 Å². The van der Waals surface area contributed by atoms with Crippen LogP contribution in [-0.4, -0.2) is 26.5 Å². The molecule has 88 valence electrons. The van der Waals surface area contributed by atoms with Crippen molar-refractivity contribution in [3.05, 3.63) is 34.9 Å². The van der Waals surface area contributed by atoms with Gasteiger partial charge in [-0.3, -0.25) is 0 Å². The minimum absolute atomic E-state index is 0.0127. The first-order valence-electron chi connectivity index (χ1n) is 5.09. The van der Waals surface area contributed by atoms with E-state index in [1.54, 1.807) is 6.07 Å². The average molecular weight is 260 g/mol. The van der Waals surface area contributed by atoms with Crippen LogP contribution in [0.4, 0.5) is 0 Å². The highest BCUT2D eigenvalue weighted by Crippen LogP contribution is 2.51. The Kier molecular flexibility index (Phi) is 2.99. The molecule has 1 aliphatic rings. The van der Waals surface area contributed by atoms with E-state index in [-0.39, 0.29) is 17.1 Å². The van der Waals surface area contributed by atoms with Gasteiger partial charge in [-0.2, -0.15) is 0 Å². The maximum absolute atomic E-state index is 11.5. The first-order valence-corrected chi connectivity index (χ1v) is 7.43. The van der Waals surface area contributed by atoms with Crippen molar-refractivity contribution < 1.29 is 8.42 Å². The van der Waals surface area contributed by atoms with Crippen molar-refractivity contribution in [3.8, 4) is 0 Å². The van der Waals surface area contributed by atoms with E-state index in [1.807, 2.05) is 18.2 Å². The zero-order valence-corrected chi connectivity index (χ0v) is 10.5. The summed E-state index contributed by atoms with van der Waals surface area (Å²) >= 11 is 5.89. The van der Waals surface area contributed by atoms with Gasteiger partial charge in [0, 0.05) is 17.2 Å². The molecule has 1 aliphatic carbocycles. The third-order valence-corrected chi connectivity index (χ3v) is 4.96. The molecule has 0 saturated heterocycles. The molecule has 1 saturated carbocycles. The van der Waals surface area contributed by atoms with E-state index in [1.165, 1.54) is 6.26 Å². The van der Waals surface area contributed by atoms with E-state index >= 15 is 0 Å². The smallest absolute Gasteiger partial charge is 0.151 e. The van der Waals surface area contributed by atoms with Gasteiger partial charge in [0.15, 0.2) is 9.84 Å². The van der Waals surface area contributed by atoms with E-state index in [0.29, 0.717) is 11.6 Å². The van der Waals surface area contributed by atoms with Crippen LogP contribution >= 0.6 is 11.6 Å². The monoisotopic (exact) mass is 259 g/mol. The molecule has 1 aromatic rings. The molecule has 5 heteroatoms. The summed E-state index contributed by atoms with van der Waals surface area (Å²) in [6, 6.07) is 7.34. The molecule has 1 fully saturated rings. The number of hydrogen-bond donors (Lipinski definition) is 1. The van der Waals surface area contributed by atoms with Crippen LogP contribution in [0.3, 0.4) is 0 Å². The second kappa shape index (κ2) is 4.02. The third-order valence-electron chi connectivity index (χ3n) is 3.10. The molecule has 16 heavy (non-hydrogen) atoms. The highest BCUT2D eigenvalue weighted by atomic mass is 35.5. The fourth-order valence-corrected chi connectivity index (χ4v) is 4.27. The fourth-order valence-electron chi connectivity index (χ4n) is 2.36. The maximum atomic E-state index is 11.5. The van der Waals surface area contributed by atoms with Crippen LogP contribution in [0.15, 0.2) is 24.3 Å². The lowest BCUT2D eigenvalue weighted by atomic mass is 10.1. The van der Waals surface area contributed by atoms with E-state index < -0.39 is 9.84 Å². The first-order chi connectivity index (χ1) is 7.45. The Morgan fingerprint density at radius 1 is 1.44 bits per heavy atom. The summed E-state index contributed by atoms with van der Waals surface area (Å²) in [6.45, 7) is 0.398. The van der Waals surface area contributed by atoms with Gasteiger partial charge in [0.1, 0.15) is 0 Å². The molecule has 0 amide bonds. The van der Waals surface area contributed by atoms with Crippen LogP contribution in [0.25, 0.3) is 0 Å². The highest BCUT2D eigenvalue weighted by Gasteiger charge is 2.55. The number of rotatable bonds is 3. The van der Waals surface area contributed by atoms with Crippen LogP contribution in [-0.2, 0) is 9.84 Å². The number of hydrogen-bond acceptors (Lipinski definition) is 3. The largest absolute Gasteiger partial charge is 0.330 e. The van der Waals surface area contributed by atoms with Gasteiger partial charge in [0.2, 0.25) is 0 Å². The Morgan fingerprint density at radius 2 is 2.12 bits per heavy atom. The molecule has 2 rings (SSSR count). The fraction of sp³-hybridized carbons (Fsp3) is 0.455. The molecule has 0 unspecified atom stereocenters. The lowest BCUT2D eigenvalue weighted by Gasteiger charge is -1.99. The molecule has 0 aliphatic heterocycles. The van der Waals surface area contributed by atoms with Gasteiger partial charge >= 0.3 is 0 Å². The summed E-state index contributed by atoms with van der Waals surface area (Å²) in [4.78, 5) is 0. The van der Waals surface area contributed by atoms with Crippen molar-refractivity contribution in [3.63, 3.8) is 0 Å². The number of benzene rings is 1. The third kappa shape index (κ3) is 2.10. The lowest BCUT2D eigenvalue weighted by molar-refractivity contribution is 0.597. The Bertz CT molecular complexity index is 500. The minimum atomic E-state index is -3.02. The Balaban J connectivity index is 2.30. The quantitative estimate of drug-likeness (QED) is 0.893. The summed E-state index contributed by atoms with van der Waals surface area (Å²) < 4.78 is 23.1. The molecular weight excluding hydrogens is 246 g/mol. The Hall–Kier alpha value is -0.580. The summed E-state index contributed by atoms with van der Waals surface area (Å²) in [7, 11) is -3.02. The van der Waals surface area contributed by atoms with Crippen molar-refractivity contribution in [2.24, 2.45) is 11.7 Å². The molecule has 0 radical (unpaired) electrons. The molecular formula is C11H14ClNO2S. The van der Waals surface area contributed by atoms with Crippen LogP contribution in [0, 0.1) is 5.92 Å². The van der Waals surface area contributed by atoms with Crippen LogP contribution in [0.5, 0.6) is 0 Å². The van der Waals surface area contributed by atoms with Gasteiger partial charge in [0.05, 0.1) is 5.25 Å². The van der Waals surface area contributed by atoms with E-state index in [4.69, 9.17) is 17.3 Å². The lowest BCUT2D eigenvalue weighted by Crippen LogP contribution is -2.11. The van der Waals surface area contributed by atoms with Crippen molar-refractivity contribution in [2.45, 2.75) is 11.2 Å². The van der Waals surface area contributed by atoms with Crippen LogP contribution in [0.2, 0.25) is 5.02 Å². The molecule has 0 bridgehead atoms. The summed E-state index contributed by atoms with van der Waals surface area (Å²) in [6.07, 6.45) is 1.27. The summed E-state index contributed by atoms with van der Waals surface area (Å²) in [5.41, 5.74) is 6.56. The normalized spacial score (nSPS) is 29.1. The second-order valence-electron chi connectivity index (χ2n) is 4.27. The van der Waals surface area contributed by atoms with Crippen molar-refractivity contribution >= 4 is 21.4 Å². The molecule has 0 spiro atoms. The highest BCUT2D eigenvalue weighted by molar-refractivity contribution is 7.91. The zero-order chi connectivity index (χ0) is 11.9. The Morgan fingerprint density at radius 3 is 2.56 bits per heavy atom. The van der Waals surface area contributed by atoms with Gasteiger partial charge < -0.3 is 5.73 Å². The second-order valence-corrected chi connectivity index (χ2v) is 6.91. The summed E-state index contributed by atoms with van der Waals surface area (Å²) in [5.74, 6) is 0.0483. The Labute approximate surface area is 101 Å². The van der Waals surface area contributed by atoms with Crippen LogP contribution in [0.1, 0.15) is 11.5 Å². The van der Waals surface area contributed by atoms with Crippen molar-refractivity contribution in [1.29, 1.82) is 0 Å². The number of nitrogens with two attached hydrogens (primary N) is 1. The predicted molar refractivity (Wildman–Crippen MR) is 65.4 cm³/mol. The zero-order valence-electron chi connectivity index (χ0n) is 8.93. The molecule has 0 heterocycles. The van der Waals surface area contributed by atoms with Crippen LogP contribution < -0.4 is 5.73 Å². The number of halogens is 1. The average Bonchev–Trinajstić information content (AvgIpc) is 2.91. The van der Waals surface area contributed by atoms with E-state index in [0.717, 1.165) is 5.56 Å². The maximum Gasteiger partial charge on any atom is 0.151 e. The summed E-state index contributed by atoms with van der Waals surface area (Å²) in [5, 5.41) is 0.295. The van der Waals surface area contributed by atoms with E-state index in [2.05, 4.69) is 0 Å². The molecule has 2 N–H and O–H groups in total. The van der Waals surface area contributed by atoms with Gasteiger partial charge in [-0.1, -0.05) is 23.7 Å². The first kappa shape index (κ1) is 11.9. The molecule has 0 aromatic heterocycles. The van der Waals surface area contributed by atoms with Gasteiger partial charge in [0.25, 0.3) is 0 Å². The van der Waals surface area contributed by atoms with E-state index in [9.17, 15) is 8.42 Å². The minimum Gasteiger partial charge on any atom is -0.330 e. The molecule has 1 aromatic carbocycles. The van der Waals surface area contributed by atoms with Gasteiger partial charge in [-0.25, -0.2) is 8.42 Å². The van der Waals surface area contributed by atoms with Crippen molar-refractivity contribution in [1.82, 2.24) is 0 Å². The standard InChI is InChI=1S/C11H14ClNO2S/c1-16(14,15)11-9(6-13)10(11)7-3-2-4-8(12)5-7/h2-5,9-11H,6,13H2,1H3/t9-,10-,11-/m0/s1. The molecule has 3 nitrogen and oxygen atoms in total.